The van der Waals surface area contributed by atoms with Gasteiger partial charge in [-0.15, -0.1) is 0 Å². The van der Waals surface area contributed by atoms with Crippen molar-refractivity contribution in [1.82, 2.24) is 4.98 Å². The Morgan fingerprint density at radius 2 is 1.89 bits per heavy atom. The maximum absolute atomic E-state index is 13.9. The molecule has 7 heteroatoms. The molecular weight excluding hydrogens is 375 g/mol. The number of nitrogens with zero attached hydrogens (tertiary/aromatic N) is 3. The van der Waals surface area contributed by atoms with Crippen LogP contribution in [0.25, 0.3) is 10.2 Å². The van der Waals surface area contributed by atoms with Gasteiger partial charge >= 0.3 is 0 Å². The lowest BCUT2D eigenvalue weighted by Crippen LogP contribution is -2.38. The van der Waals surface area contributed by atoms with Crippen LogP contribution in [-0.2, 0) is 4.79 Å². The fraction of sp³-hybridized carbons (Fsp3) is 0.333. The second-order valence-electron chi connectivity index (χ2n) is 7.27. The normalized spacial score (nSPS) is 15.0. The van der Waals surface area contributed by atoms with Crippen molar-refractivity contribution in [2.24, 2.45) is 5.92 Å². The Balaban J connectivity index is 1.36. The minimum atomic E-state index is -0.283. The van der Waals surface area contributed by atoms with Gasteiger partial charge < -0.3 is 15.1 Å². The maximum Gasteiger partial charge on any atom is 0.227 e. The maximum atomic E-state index is 13.9. The third kappa shape index (κ3) is 3.80. The van der Waals surface area contributed by atoms with Crippen LogP contribution in [0.1, 0.15) is 12.8 Å². The van der Waals surface area contributed by atoms with Crippen LogP contribution >= 0.6 is 11.3 Å². The van der Waals surface area contributed by atoms with Crippen LogP contribution in [0.4, 0.5) is 20.9 Å². The molecule has 2 aromatic carbocycles. The van der Waals surface area contributed by atoms with E-state index in [-0.39, 0.29) is 17.6 Å². The van der Waals surface area contributed by atoms with Gasteiger partial charge in [-0.05, 0) is 49.2 Å². The summed E-state index contributed by atoms with van der Waals surface area (Å²) in [6, 6.07) is 12.9. The number of carbonyl (C=O) groups is 1. The van der Waals surface area contributed by atoms with Gasteiger partial charge in [0.2, 0.25) is 5.91 Å². The van der Waals surface area contributed by atoms with Crippen molar-refractivity contribution in [1.29, 1.82) is 0 Å². The summed E-state index contributed by atoms with van der Waals surface area (Å²) in [6.07, 6.45) is 1.53. The molecule has 1 saturated heterocycles. The number of fused-ring (bicyclic) bond motifs is 1. The minimum Gasteiger partial charge on any atom is -0.378 e. The highest BCUT2D eigenvalue weighted by Crippen LogP contribution is 2.32. The lowest BCUT2D eigenvalue weighted by Gasteiger charge is -2.31. The molecule has 0 aliphatic carbocycles. The number of para-hydroxylation sites is 1. The average Bonchev–Trinajstić information content (AvgIpc) is 3.14. The van der Waals surface area contributed by atoms with E-state index in [9.17, 15) is 9.18 Å². The number of rotatable bonds is 4. The molecule has 28 heavy (non-hydrogen) atoms. The first-order chi connectivity index (χ1) is 13.5. The number of anilines is 3. The van der Waals surface area contributed by atoms with Crippen molar-refractivity contribution in [3.8, 4) is 0 Å². The summed E-state index contributed by atoms with van der Waals surface area (Å²) < 4.78 is 14.7. The van der Waals surface area contributed by atoms with Crippen molar-refractivity contribution < 1.29 is 9.18 Å². The van der Waals surface area contributed by atoms with Gasteiger partial charge in [-0.1, -0.05) is 17.4 Å². The number of hydrogen-bond donors (Lipinski definition) is 1. The second kappa shape index (κ2) is 7.75. The van der Waals surface area contributed by atoms with Gasteiger partial charge in [-0.3, -0.25) is 4.79 Å². The van der Waals surface area contributed by atoms with E-state index in [4.69, 9.17) is 0 Å². The third-order valence-corrected chi connectivity index (χ3v) is 6.23. The molecule has 1 fully saturated rings. The largest absolute Gasteiger partial charge is 0.378 e. The number of hydrogen-bond acceptors (Lipinski definition) is 5. The summed E-state index contributed by atoms with van der Waals surface area (Å²) in [6.45, 7) is 1.50. The SMILES string of the molecule is CN(C)c1ccc(NC(=O)C2CCN(c3nc4c(F)cccc4s3)CC2)cc1. The Morgan fingerprint density at radius 3 is 2.54 bits per heavy atom. The molecule has 1 aliphatic heterocycles. The number of benzene rings is 2. The number of carbonyl (C=O) groups excluding carboxylic acids is 1. The summed E-state index contributed by atoms with van der Waals surface area (Å²) in [7, 11) is 3.97. The molecule has 4 rings (SSSR count). The standard InChI is InChI=1S/C21H23FN4OS/c1-25(2)16-8-6-15(7-9-16)23-20(27)14-10-12-26(13-11-14)21-24-19-17(22)4-3-5-18(19)28-21/h3-9,14H,10-13H2,1-2H3,(H,23,27). The molecule has 3 aromatic rings. The predicted molar refractivity (Wildman–Crippen MR) is 114 cm³/mol. The number of thiazole rings is 1. The van der Waals surface area contributed by atoms with Crippen molar-refractivity contribution in [2.45, 2.75) is 12.8 Å². The van der Waals surface area contributed by atoms with Gasteiger partial charge in [-0.2, -0.15) is 0 Å². The van der Waals surface area contributed by atoms with E-state index in [1.807, 2.05) is 49.3 Å². The Labute approximate surface area is 167 Å². The topological polar surface area (TPSA) is 48.5 Å². The van der Waals surface area contributed by atoms with E-state index in [1.54, 1.807) is 6.07 Å². The second-order valence-corrected chi connectivity index (χ2v) is 8.28. The van der Waals surface area contributed by atoms with E-state index in [0.29, 0.717) is 5.52 Å². The smallest absolute Gasteiger partial charge is 0.227 e. The molecule has 5 nitrogen and oxygen atoms in total. The van der Waals surface area contributed by atoms with Crippen LogP contribution in [0.15, 0.2) is 42.5 Å². The highest BCUT2D eigenvalue weighted by atomic mass is 32.1. The Morgan fingerprint density at radius 1 is 1.18 bits per heavy atom. The van der Waals surface area contributed by atoms with Gasteiger partial charge in [0.05, 0.1) is 4.70 Å². The third-order valence-electron chi connectivity index (χ3n) is 5.15. The fourth-order valence-electron chi connectivity index (χ4n) is 3.46. The molecule has 0 atom stereocenters. The van der Waals surface area contributed by atoms with Crippen LogP contribution in [0.3, 0.4) is 0 Å². The van der Waals surface area contributed by atoms with Crippen LogP contribution in [-0.4, -0.2) is 38.1 Å². The van der Waals surface area contributed by atoms with Gasteiger partial charge in [0.1, 0.15) is 11.3 Å². The molecule has 1 aliphatic rings. The number of nitrogens with one attached hydrogen (secondary N) is 1. The van der Waals surface area contributed by atoms with E-state index in [2.05, 4.69) is 15.2 Å². The Hall–Kier alpha value is -2.67. The molecule has 2 heterocycles. The van der Waals surface area contributed by atoms with Crippen LogP contribution in [0, 0.1) is 11.7 Å². The highest BCUT2D eigenvalue weighted by Gasteiger charge is 2.26. The molecule has 0 unspecified atom stereocenters. The molecule has 1 aromatic heterocycles. The highest BCUT2D eigenvalue weighted by molar-refractivity contribution is 7.22. The molecule has 0 saturated carbocycles. The summed E-state index contributed by atoms with van der Waals surface area (Å²) in [5, 5.41) is 3.85. The molecule has 1 amide bonds. The summed E-state index contributed by atoms with van der Waals surface area (Å²) in [5.74, 6) is -0.238. The molecule has 0 spiro atoms. The number of piperidine rings is 1. The summed E-state index contributed by atoms with van der Waals surface area (Å²) in [5.41, 5.74) is 2.35. The predicted octanol–water partition coefficient (Wildman–Crippen LogP) is 4.36. The zero-order chi connectivity index (χ0) is 19.7. The number of amides is 1. The summed E-state index contributed by atoms with van der Waals surface area (Å²) in [4.78, 5) is 21.2. The van der Waals surface area contributed by atoms with E-state index < -0.39 is 0 Å². The van der Waals surface area contributed by atoms with Crippen molar-refractivity contribution in [3.05, 3.63) is 48.3 Å². The monoisotopic (exact) mass is 398 g/mol. The van der Waals surface area contributed by atoms with Gasteiger partial charge in [0.25, 0.3) is 0 Å². The Bertz CT molecular complexity index is 978. The van der Waals surface area contributed by atoms with Crippen molar-refractivity contribution in [3.63, 3.8) is 0 Å². The molecule has 0 bridgehead atoms. The van der Waals surface area contributed by atoms with Crippen LogP contribution in [0.5, 0.6) is 0 Å². The van der Waals surface area contributed by atoms with Gasteiger partial charge in [0, 0.05) is 44.5 Å². The molecule has 146 valence electrons. The lowest BCUT2D eigenvalue weighted by molar-refractivity contribution is -0.120. The average molecular weight is 399 g/mol. The fourth-order valence-corrected chi connectivity index (χ4v) is 4.49. The van der Waals surface area contributed by atoms with Crippen LogP contribution < -0.4 is 15.1 Å². The Kier molecular flexibility index (Phi) is 5.17. The minimum absolute atomic E-state index is 0.0177. The first-order valence-corrected chi connectivity index (χ1v) is 10.2. The molecular formula is C21H23FN4OS. The first kappa shape index (κ1) is 18.7. The number of aromatic nitrogens is 1. The first-order valence-electron chi connectivity index (χ1n) is 9.39. The number of halogens is 1. The quantitative estimate of drug-likeness (QED) is 0.710. The summed E-state index contributed by atoms with van der Waals surface area (Å²) >= 11 is 1.50. The van der Waals surface area contributed by atoms with Gasteiger partial charge in [-0.25, -0.2) is 9.37 Å². The van der Waals surface area contributed by atoms with E-state index in [1.165, 1.54) is 17.4 Å². The molecule has 1 N–H and O–H groups in total. The zero-order valence-corrected chi connectivity index (χ0v) is 16.8. The lowest BCUT2D eigenvalue weighted by atomic mass is 9.96. The van der Waals surface area contributed by atoms with Crippen molar-refractivity contribution >= 4 is 44.0 Å². The molecule has 0 radical (unpaired) electrons. The van der Waals surface area contributed by atoms with Gasteiger partial charge in [0.15, 0.2) is 5.13 Å². The van der Waals surface area contributed by atoms with E-state index >= 15 is 0 Å². The van der Waals surface area contributed by atoms with Crippen LogP contribution in [0.2, 0.25) is 0 Å². The van der Waals surface area contributed by atoms with Crippen molar-refractivity contribution in [2.75, 3.05) is 42.3 Å². The zero-order valence-electron chi connectivity index (χ0n) is 16.0. The van der Waals surface area contributed by atoms with E-state index in [0.717, 1.165) is 47.1 Å².